The van der Waals surface area contributed by atoms with Gasteiger partial charge in [0.2, 0.25) is 0 Å². The molecule has 0 atom stereocenters. The first-order valence-corrected chi connectivity index (χ1v) is 13.2. The van der Waals surface area contributed by atoms with E-state index in [4.69, 9.17) is 29.2 Å². The van der Waals surface area contributed by atoms with Crippen LogP contribution in [0.4, 0.5) is 0 Å². The molecule has 0 N–H and O–H groups in total. The predicted molar refractivity (Wildman–Crippen MR) is 95.6 cm³/mol. The Morgan fingerprint density at radius 2 is 1.05 bits per heavy atom. The summed E-state index contributed by atoms with van der Waals surface area (Å²) in [6.45, 7) is 6.84. The first-order chi connectivity index (χ1) is 10.7. The minimum atomic E-state index is -0.556. The van der Waals surface area contributed by atoms with E-state index in [0.717, 1.165) is 24.9 Å². The molecule has 2 aliphatic carbocycles. The van der Waals surface area contributed by atoms with Gasteiger partial charge in [0.1, 0.15) is 0 Å². The summed E-state index contributed by atoms with van der Waals surface area (Å²) >= 11 is -0.556. The Bertz CT molecular complexity index is 229. The van der Waals surface area contributed by atoms with E-state index in [2.05, 4.69) is 13.8 Å². The summed E-state index contributed by atoms with van der Waals surface area (Å²) in [5.41, 5.74) is 0. The second-order valence-corrected chi connectivity index (χ2v) is 9.64. The van der Waals surface area contributed by atoms with Gasteiger partial charge in [-0.25, -0.2) is 0 Å². The van der Waals surface area contributed by atoms with Gasteiger partial charge in [-0.1, -0.05) is 71.6 Å². The fourth-order valence-electron chi connectivity index (χ4n) is 3.47. The summed E-state index contributed by atoms with van der Waals surface area (Å²) in [7, 11) is 9.78. The Labute approximate surface area is 154 Å². The average Bonchev–Trinajstić information content (AvgIpc) is 2.51. The summed E-state index contributed by atoms with van der Waals surface area (Å²) in [6.07, 6.45) is 12.1. The van der Waals surface area contributed by atoms with Crippen LogP contribution in [0.1, 0.15) is 71.6 Å². The summed E-state index contributed by atoms with van der Waals surface area (Å²) in [5.74, 6) is 1.88. The van der Waals surface area contributed by atoms with Crippen LogP contribution in [0.3, 0.4) is 0 Å². The molecule has 2 nitrogen and oxygen atoms in total. The van der Waals surface area contributed by atoms with Crippen LogP contribution in [0.25, 0.3) is 10.6 Å². The van der Waals surface area contributed by atoms with Gasteiger partial charge in [0, 0.05) is 0 Å². The van der Waals surface area contributed by atoms with Gasteiger partial charge in [0.15, 0.2) is 0 Å². The van der Waals surface area contributed by atoms with Crippen molar-refractivity contribution in [2.75, 3.05) is 13.1 Å². The topological polar surface area (TPSA) is 28.2 Å². The van der Waals surface area contributed by atoms with E-state index in [0.29, 0.717) is 12.1 Å². The molecule has 0 amide bonds. The zero-order valence-electron chi connectivity index (χ0n) is 14.2. The fourth-order valence-corrected chi connectivity index (χ4v) is 3.47. The summed E-state index contributed by atoms with van der Waals surface area (Å²) < 4.78 is 0. The summed E-state index contributed by atoms with van der Waals surface area (Å²) in [6, 6.07) is 1.35. The molecule has 0 spiro atoms. The van der Waals surface area contributed by atoms with E-state index in [9.17, 15) is 0 Å². The van der Waals surface area contributed by atoms with E-state index < -0.39 is 17.0 Å². The van der Waals surface area contributed by atoms with Crippen molar-refractivity contribution in [3.63, 3.8) is 0 Å². The fraction of sp³-hybridized carbons (Fsp3) is 1.00. The molecular weight excluding hydrogens is 351 g/mol. The van der Waals surface area contributed by atoms with Crippen LogP contribution in [-0.4, -0.2) is 25.2 Å². The molecule has 2 aliphatic rings. The molecule has 0 unspecified atom stereocenters. The Balaban J connectivity index is 0.000000745. The van der Waals surface area contributed by atoms with Crippen molar-refractivity contribution < 1.29 is 17.0 Å². The maximum atomic E-state index is 4.89. The molecule has 2 saturated carbocycles. The molecule has 22 heavy (non-hydrogen) atoms. The molecule has 0 heterocycles. The van der Waals surface area contributed by atoms with Crippen molar-refractivity contribution in [1.82, 2.24) is 0 Å². The molecule has 5 heteroatoms. The normalized spacial score (nSPS) is 32.0. The molecule has 0 aliphatic heterocycles. The Morgan fingerprint density at radius 1 is 0.727 bits per heavy atom. The van der Waals surface area contributed by atoms with Gasteiger partial charge in [0.05, 0.1) is 0 Å². The predicted octanol–water partition coefficient (Wildman–Crippen LogP) is 6.66. The third kappa shape index (κ3) is 10.2. The van der Waals surface area contributed by atoms with Crippen molar-refractivity contribution in [2.45, 2.75) is 83.7 Å². The standard InChI is InChI=1S/C17H32N2.2ClH.Ti/c1-14-4-8-16(9-5-14)18-12-3-13-19-17-10-6-15(2)7-11-17;;;/h14-17H,3-13H2,1-2H3;2*1H;/q-2;;;+2/p-2. The molecular formula is C17H32Cl2N2Ti-2. The van der Waals surface area contributed by atoms with Crippen molar-refractivity contribution in [3.05, 3.63) is 10.6 Å². The van der Waals surface area contributed by atoms with Crippen LogP contribution in [0.2, 0.25) is 0 Å². The Morgan fingerprint density at radius 3 is 1.36 bits per heavy atom. The Hall–Kier alpha value is 1.21. The molecule has 0 radical (unpaired) electrons. The number of nitrogens with zero attached hydrogens (tertiary/aromatic N) is 2. The third-order valence-electron chi connectivity index (χ3n) is 5.06. The van der Waals surface area contributed by atoms with Crippen LogP contribution in [0.15, 0.2) is 0 Å². The van der Waals surface area contributed by atoms with Gasteiger partial charge in [-0.2, -0.15) is 13.1 Å². The summed E-state index contributed by atoms with van der Waals surface area (Å²) in [5, 5.41) is 9.70. The van der Waals surface area contributed by atoms with Crippen LogP contribution < -0.4 is 0 Å². The van der Waals surface area contributed by atoms with Crippen molar-refractivity contribution in [3.8, 4) is 0 Å². The van der Waals surface area contributed by atoms with Crippen molar-refractivity contribution >= 4 is 18.6 Å². The van der Waals surface area contributed by atoms with Gasteiger partial charge in [-0.3, -0.25) is 0 Å². The van der Waals surface area contributed by atoms with Gasteiger partial charge in [-0.05, 0) is 11.8 Å². The minimum absolute atomic E-state index is 0.556. The van der Waals surface area contributed by atoms with Crippen LogP contribution in [-0.2, 0) is 17.0 Å². The number of hydrogen-bond donors (Lipinski definition) is 0. The third-order valence-corrected chi connectivity index (χ3v) is 5.06. The number of rotatable bonds is 6. The molecule has 0 aromatic heterocycles. The molecule has 0 saturated heterocycles. The molecule has 0 aromatic carbocycles. The average molecular weight is 383 g/mol. The zero-order chi connectivity index (χ0) is 16.2. The second-order valence-electron chi connectivity index (χ2n) is 7.06. The molecule has 130 valence electrons. The van der Waals surface area contributed by atoms with Gasteiger partial charge in [-0.15, -0.1) is 12.1 Å². The Kier molecular flexibility index (Phi) is 13.0. The number of halogens is 2. The second kappa shape index (κ2) is 13.5. The van der Waals surface area contributed by atoms with Crippen LogP contribution >= 0.6 is 18.6 Å². The zero-order valence-corrected chi connectivity index (χ0v) is 17.3. The number of hydrogen-bond acceptors (Lipinski definition) is 0. The maximum absolute atomic E-state index is 4.89. The molecule has 0 aromatic rings. The van der Waals surface area contributed by atoms with Crippen molar-refractivity contribution in [1.29, 1.82) is 0 Å². The van der Waals surface area contributed by atoms with E-state index in [1.807, 2.05) is 0 Å². The first kappa shape index (κ1) is 21.3. The van der Waals surface area contributed by atoms with Gasteiger partial charge < -0.3 is 10.6 Å². The van der Waals surface area contributed by atoms with E-state index in [1.54, 1.807) is 0 Å². The monoisotopic (exact) mass is 382 g/mol. The van der Waals surface area contributed by atoms with Crippen LogP contribution in [0, 0.1) is 11.8 Å². The van der Waals surface area contributed by atoms with Gasteiger partial charge in [0.25, 0.3) is 0 Å². The first-order valence-electron chi connectivity index (χ1n) is 8.95. The van der Waals surface area contributed by atoms with E-state index in [1.165, 1.54) is 57.8 Å². The van der Waals surface area contributed by atoms with Gasteiger partial charge >= 0.3 is 35.6 Å². The molecule has 2 rings (SSSR count). The summed E-state index contributed by atoms with van der Waals surface area (Å²) in [4.78, 5) is 0. The molecule has 0 bridgehead atoms. The van der Waals surface area contributed by atoms with Crippen LogP contribution in [0.5, 0.6) is 0 Å². The molecule has 2 fully saturated rings. The quantitative estimate of drug-likeness (QED) is 0.363. The van der Waals surface area contributed by atoms with E-state index in [-0.39, 0.29) is 0 Å². The van der Waals surface area contributed by atoms with Crippen molar-refractivity contribution in [2.24, 2.45) is 11.8 Å². The van der Waals surface area contributed by atoms with E-state index >= 15 is 0 Å². The SMILES string of the molecule is CC1CCC([N-]CCC[N-]C2CCC(C)CC2)CC1.[Cl][Ti][Cl].